The number of guanidine groups is 1. The second-order valence-corrected chi connectivity index (χ2v) is 6.14. The van der Waals surface area contributed by atoms with Gasteiger partial charge >= 0.3 is 0 Å². The highest BCUT2D eigenvalue weighted by Gasteiger charge is 2.01. The largest absolute Gasteiger partial charge is 0.439 e. The molecule has 1 aromatic carbocycles. The maximum atomic E-state index is 12.9. The fraction of sp³-hybridized carbons (Fsp3) is 0.429. The van der Waals surface area contributed by atoms with Crippen molar-refractivity contribution in [2.45, 2.75) is 19.9 Å². The average molecular weight is 404 g/mol. The Morgan fingerprint density at radius 2 is 1.90 bits per heavy atom. The quantitative estimate of drug-likeness (QED) is 0.322. The molecule has 0 aliphatic heterocycles. The summed E-state index contributed by atoms with van der Waals surface area (Å²) in [6.07, 6.45) is 2.60. The molecule has 0 bridgehead atoms. The summed E-state index contributed by atoms with van der Waals surface area (Å²) in [6, 6.07) is 9.49. The highest BCUT2D eigenvalue weighted by atomic mass is 19.1. The van der Waals surface area contributed by atoms with E-state index in [9.17, 15) is 4.39 Å². The number of halogens is 1. The van der Waals surface area contributed by atoms with Crippen molar-refractivity contribution >= 4 is 5.96 Å². The molecule has 0 aliphatic carbocycles. The van der Waals surface area contributed by atoms with Gasteiger partial charge in [-0.05, 0) is 43.2 Å². The van der Waals surface area contributed by atoms with Gasteiger partial charge in [0.1, 0.15) is 11.6 Å². The lowest BCUT2D eigenvalue weighted by molar-refractivity contribution is 0.0698. The highest BCUT2D eigenvalue weighted by molar-refractivity contribution is 5.79. The normalized spacial score (nSPS) is 11.3. The van der Waals surface area contributed by atoms with E-state index in [4.69, 9.17) is 14.2 Å². The van der Waals surface area contributed by atoms with E-state index in [-0.39, 0.29) is 5.82 Å². The van der Waals surface area contributed by atoms with E-state index < -0.39 is 0 Å². The van der Waals surface area contributed by atoms with Gasteiger partial charge in [-0.15, -0.1) is 0 Å². The molecule has 7 nitrogen and oxygen atoms in total. The van der Waals surface area contributed by atoms with Crippen molar-refractivity contribution in [2.24, 2.45) is 4.99 Å². The molecule has 0 unspecified atom stereocenters. The zero-order chi connectivity index (χ0) is 20.7. The third kappa shape index (κ3) is 9.36. The van der Waals surface area contributed by atoms with Crippen LogP contribution in [0.3, 0.4) is 0 Å². The summed E-state index contributed by atoms with van der Waals surface area (Å²) in [7, 11) is 1.66. The number of aromatic nitrogens is 1. The minimum atomic E-state index is -0.303. The zero-order valence-electron chi connectivity index (χ0n) is 17.0. The van der Waals surface area contributed by atoms with Crippen LogP contribution in [0, 0.1) is 5.82 Å². The minimum absolute atomic E-state index is 0.303. The molecule has 1 aromatic heterocycles. The van der Waals surface area contributed by atoms with E-state index >= 15 is 0 Å². The van der Waals surface area contributed by atoms with E-state index in [1.54, 1.807) is 31.5 Å². The smallest absolute Gasteiger partial charge is 0.219 e. The van der Waals surface area contributed by atoms with Gasteiger partial charge in [-0.2, -0.15) is 0 Å². The molecule has 0 spiro atoms. The Balaban J connectivity index is 1.78. The number of nitrogens with zero attached hydrogens (tertiary/aromatic N) is 2. The van der Waals surface area contributed by atoms with Crippen molar-refractivity contribution < 1.29 is 18.6 Å². The monoisotopic (exact) mass is 404 g/mol. The van der Waals surface area contributed by atoms with Crippen molar-refractivity contribution in [1.82, 2.24) is 15.6 Å². The summed E-state index contributed by atoms with van der Waals surface area (Å²) >= 11 is 0. The fourth-order valence-electron chi connectivity index (χ4n) is 2.33. The number of pyridine rings is 1. The van der Waals surface area contributed by atoms with Gasteiger partial charge in [-0.1, -0.05) is 6.07 Å². The number of methoxy groups -OCH3 is 1. The van der Waals surface area contributed by atoms with Crippen LogP contribution in [0.25, 0.3) is 0 Å². The van der Waals surface area contributed by atoms with Gasteiger partial charge in [-0.3, -0.25) is 0 Å². The molecule has 0 fully saturated rings. The maximum Gasteiger partial charge on any atom is 0.219 e. The van der Waals surface area contributed by atoms with Gasteiger partial charge in [-0.25, -0.2) is 14.4 Å². The van der Waals surface area contributed by atoms with Crippen molar-refractivity contribution in [3.63, 3.8) is 0 Å². The summed E-state index contributed by atoms with van der Waals surface area (Å²) in [4.78, 5) is 8.84. The SMILES string of the molecule is CCNC(=NCc1ccc(Oc2ccc(F)cc2)nc1)NCCCOCCOC. The maximum absolute atomic E-state index is 12.9. The third-order valence-corrected chi connectivity index (χ3v) is 3.79. The lowest BCUT2D eigenvalue weighted by atomic mass is 10.3. The summed E-state index contributed by atoms with van der Waals surface area (Å²) in [5.41, 5.74) is 0.955. The Hall–Kier alpha value is -2.71. The number of aliphatic imine (C=N–C) groups is 1. The second kappa shape index (κ2) is 13.5. The molecule has 0 aliphatic rings. The Morgan fingerprint density at radius 3 is 2.59 bits per heavy atom. The van der Waals surface area contributed by atoms with Gasteiger partial charge in [0.05, 0.1) is 19.8 Å². The summed E-state index contributed by atoms with van der Waals surface area (Å²) in [6.45, 7) is 5.95. The third-order valence-electron chi connectivity index (χ3n) is 3.79. The topological polar surface area (TPSA) is 77.0 Å². The molecule has 0 amide bonds. The van der Waals surface area contributed by atoms with Crippen molar-refractivity contribution in [3.05, 3.63) is 54.0 Å². The van der Waals surface area contributed by atoms with Gasteiger partial charge in [0.25, 0.3) is 0 Å². The molecule has 0 saturated heterocycles. The van der Waals surface area contributed by atoms with Crippen LogP contribution >= 0.6 is 0 Å². The molecule has 29 heavy (non-hydrogen) atoms. The van der Waals surface area contributed by atoms with Crippen LogP contribution in [0.1, 0.15) is 18.9 Å². The lowest BCUT2D eigenvalue weighted by Gasteiger charge is -2.11. The molecule has 0 atom stereocenters. The number of benzene rings is 1. The van der Waals surface area contributed by atoms with Gasteiger partial charge < -0.3 is 24.8 Å². The first-order valence-corrected chi connectivity index (χ1v) is 9.68. The molecule has 0 radical (unpaired) electrons. The summed E-state index contributed by atoms with van der Waals surface area (Å²) in [5.74, 6) is 1.43. The van der Waals surface area contributed by atoms with Crippen molar-refractivity contribution in [1.29, 1.82) is 0 Å². The van der Waals surface area contributed by atoms with E-state index in [1.807, 2.05) is 13.0 Å². The predicted octanol–water partition coefficient (Wildman–Crippen LogP) is 3.12. The molecule has 158 valence electrons. The van der Waals surface area contributed by atoms with Crippen LogP contribution in [0.5, 0.6) is 11.6 Å². The molecule has 2 rings (SSSR count). The molecule has 1 heterocycles. The van der Waals surface area contributed by atoms with Crippen LogP contribution in [-0.2, 0) is 16.0 Å². The Morgan fingerprint density at radius 1 is 1.07 bits per heavy atom. The van der Waals surface area contributed by atoms with E-state index in [0.29, 0.717) is 38.0 Å². The molecule has 2 aromatic rings. The van der Waals surface area contributed by atoms with Gasteiger partial charge in [0.15, 0.2) is 5.96 Å². The first-order chi connectivity index (χ1) is 14.2. The van der Waals surface area contributed by atoms with Crippen LogP contribution in [0.2, 0.25) is 0 Å². The average Bonchev–Trinajstić information content (AvgIpc) is 2.74. The summed E-state index contributed by atoms with van der Waals surface area (Å²) < 4.78 is 28.9. The molecule has 2 N–H and O–H groups in total. The van der Waals surface area contributed by atoms with Crippen LogP contribution in [-0.4, -0.2) is 51.0 Å². The van der Waals surface area contributed by atoms with Gasteiger partial charge in [0.2, 0.25) is 5.88 Å². The second-order valence-electron chi connectivity index (χ2n) is 6.14. The van der Waals surface area contributed by atoms with E-state index in [1.165, 1.54) is 12.1 Å². The number of nitrogens with one attached hydrogen (secondary N) is 2. The molecular formula is C21H29FN4O3. The highest BCUT2D eigenvalue weighted by Crippen LogP contribution is 2.19. The first kappa shape index (κ1) is 22.6. The van der Waals surface area contributed by atoms with Crippen molar-refractivity contribution in [2.75, 3.05) is 40.0 Å². The van der Waals surface area contributed by atoms with Crippen molar-refractivity contribution in [3.8, 4) is 11.6 Å². The zero-order valence-corrected chi connectivity index (χ0v) is 17.0. The predicted molar refractivity (Wildman–Crippen MR) is 111 cm³/mol. The number of rotatable bonds is 12. The van der Waals surface area contributed by atoms with E-state index in [2.05, 4.69) is 20.6 Å². The molecular weight excluding hydrogens is 375 g/mol. The Kier molecular flexibility index (Phi) is 10.5. The summed E-state index contributed by atoms with van der Waals surface area (Å²) in [5, 5.41) is 6.50. The minimum Gasteiger partial charge on any atom is -0.439 e. The number of hydrogen-bond acceptors (Lipinski definition) is 5. The van der Waals surface area contributed by atoms with E-state index in [0.717, 1.165) is 31.0 Å². The van der Waals surface area contributed by atoms with Gasteiger partial charge in [0, 0.05) is 39.1 Å². The number of ether oxygens (including phenoxy) is 3. The fourth-order valence-corrected chi connectivity index (χ4v) is 2.33. The van der Waals surface area contributed by atoms with Crippen LogP contribution in [0.4, 0.5) is 4.39 Å². The Labute approximate surface area is 171 Å². The molecule has 0 saturated carbocycles. The first-order valence-electron chi connectivity index (χ1n) is 9.68. The van der Waals surface area contributed by atoms with Crippen LogP contribution in [0.15, 0.2) is 47.6 Å². The number of hydrogen-bond donors (Lipinski definition) is 2. The molecule has 8 heteroatoms. The Bertz CT molecular complexity index is 724. The lowest BCUT2D eigenvalue weighted by Crippen LogP contribution is -2.38. The standard InChI is InChI=1S/C21H29FN4O3/c1-3-23-21(24-11-4-12-28-14-13-27-2)26-16-17-5-10-20(25-15-17)29-19-8-6-18(22)7-9-19/h5-10,15H,3-4,11-14,16H2,1-2H3,(H2,23,24,26). The van der Waals surface area contributed by atoms with Crippen LogP contribution < -0.4 is 15.4 Å².